The fraction of sp³-hybridized carbons (Fsp3) is 0.286. The number of carbonyl (C=O) groups is 1. The molecular weight excluding hydrogens is 388 g/mol. The van der Waals surface area contributed by atoms with Crippen molar-refractivity contribution >= 4 is 37.6 Å². The van der Waals surface area contributed by atoms with E-state index in [0.29, 0.717) is 28.9 Å². The van der Waals surface area contributed by atoms with Gasteiger partial charge in [0, 0.05) is 17.1 Å². The molecule has 0 spiro atoms. The fourth-order valence-corrected chi connectivity index (χ4v) is 2.90. The van der Waals surface area contributed by atoms with E-state index in [0.717, 1.165) is 10.0 Å². The van der Waals surface area contributed by atoms with Crippen LogP contribution < -0.4 is 0 Å². The molecule has 0 bridgehead atoms. The maximum atomic E-state index is 12.7. The van der Waals surface area contributed by atoms with Gasteiger partial charge in [0.05, 0.1) is 23.8 Å². The summed E-state index contributed by atoms with van der Waals surface area (Å²) in [6.45, 7) is 2.97. The number of carbonyl (C=O) groups excluding carboxylic acids is 1. The van der Waals surface area contributed by atoms with E-state index in [-0.39, 0.29) is 5.78 Å². The van der Waals surface area contributed by atoms with Crippen molar-refractivity contribution in [2.75, 3.05) is 13.7 Å². The number of methoxy groups -OCH3 is 1. The highest BCUT2D eigenvalue weighted by Gasteiger charge is 2.20. The number of halogens is 2. The molecule has 106 valence electrons. The Morgan fingerprint density at radius 1 is 1.40 bits per heavy atom. The first-order valence-corrected chi connectivity index (χ1v) is 7.64. The van der Waals surface area contributed by atoms with Crippen molar-refractivity contribution < 1.29 is 9.53 Å². The first-order chi connectivity index (χ1) is 9.54. The van der Waals surface area contributed by atoms with Crippen LogP contribution in [0, 0.1) is 6.92 Å². The lowest BCUT2D eigenvalue weighted by molar-refractivity contribution is 0.102. The van der Waals surface area contributed by atoms with Crippen LogP contribution in [0.4, 0.5) is 0 Å². The first-order valence-electron chi connectivity index (χ1n) is 6.05. The number of aryl methyl sites for hydroxylation is 1. The molecule has 0 unspecified atom stereocenters. The Balaban J connectivity index is 2.40. The lowest BCUT2D eigenvalue weighted by Gasteiger charge is -2.09. The molecule has 1 heterocycles. The molecule has 1 aromatic carbocycles. The Morgan fingerprint density at radius 2 is 2.15 bits per heavy atom. The van der Waals surface area contributed by atoms with Gasteiger partial charge >= 0.3 is 0 Å². The van der Waals surface area contributed by atoms with Gasteiger partial charge < -0.3 is 4.74 Å². The zero-order valence-electron chi connectivity index (χ0n) is 11.2. The third-order valence-corrected chi connectivity index (χ3v) is 4.02. The summed E-state index contributed by atoms with van der Waals surface area (Å²) < 4.78 is 8.36. The largest absolute Gasteiger partial charge is 0.383 e. The van der Waals surface area contributed by atoms with Crippen LogP contribution in [-0.2, 0) is 11.3 Å². The minimum atomic E-state index is -0.0459. The van der Waals surface area contributed by atoms with Crippen molar-refractivity contribution in [3.05, 3.63) is 50.2 Å². The van der Waals surface area contributed by atoms with Crippen LogP contribution in [-0.4, -0.2) is 29.3 Å². The third kappa shape index (κ3) is 3.19. The molecule has 0 radical (unpaired) electrons. The molecule has 0 atom stereocenters. The average molecular weight is 402 g/mol. The summed E-state index contributed by atoms with van der Waals surface area (Å²) in [7, 11) is 1.62. The molecule has 4 nitrogen and oxygen atoms in total. The van der Waals surface area contributed by atoms with Crippen LogP contribution in [0.15, 0.2) is 33.3 Å². The van der Waals surface area contributed by atoms with Crippen LogP contribution in [0.1, 0.15) is 21.6 Å². The Hall–Kier alpha value is -0.980. The molecule has 2 aromatic rings. The number of benzene rings is 1. The molecule has 0 aliphatic carbocycles. The van der Waals surface area contributed by atoms with E-state index in [2.05, 4.69) is 37.0 Å². The summed E-state index contributed by atoms with van der Waals surface area (Å²) in [5.74, 6) is -0.0459. The Bertz CT molecular complexity index is 638. The minimum absolute atomic E-state index is 0.0459. The molecule has 0 aliphatic rings. The Labute approximate surface area is 134 Å². The highest BCUT2D eigenvalue weighted by Crippen LogP contribution is 2.23. The second-order valence-electron chi connectivity index (χ2n) is 4.35. The van der Waals surface area contributed by atoms with Crippen LogP contribution in [0.2, 0.25) is 0 Å². The number of ether oxygens (including phenoxy) is 1. The van der Waals surface area contributed by atoms with E-state index in [1.807, 2.05) is 25.1 Å². The van der Waals surface area contributed by atoms with Crippen LogP contribution in [0.5, 0.6) is 0 Å². The Kier molecular flexibility index (Phi) is 5.12. The lowest BCUT2D eigenvalue weighted by Crippen LogP contribution is -2.15. The van der Waals surface area contributed by atoms with Gasteiger partial charge in [0.15, 0.2) is 0 Å². The predicted octanol–water partition coefficient (Wildman–Crippen LogP) is 3.59. The number of rotatable bonds is 5. The normalized spacial score (nSPS) is 10.8. The van der Waals surface area contributed by atoms with E-state index >= 15 is 0 Å². The third-order valence-electron chi connectivity index (χ3n) is 2.95. The zero-order chi connectivity index (χ0) is 14.7. The summed E-state index contributed by atoms with van der Waals surface area (Å²) in [5.41, 5.74) is 2.15. The van der Waals surface area contributed by atoms with Crippen molar-refractivity contribution in [1.82, 2.24) is 9.78 Å². The molecular formula is C14H14Br2N2O2. The molecule has 6 heteroatoms. The number of hydrogen-bond acceptors (Lipinski definition) is 3. The van der Waals surface area contributed by atoms with Crippen molar-refractivity contribution in [2.24, 2.45) is 0 Å². The van der Waals surface area contributed by atoms with E-state index in [9.17, 15) is 4.79 Å². The maximum Gasteiger partial charge on any atom is 0.212 e. The van der Waals surface area contributed by atoms with Gasteiger partial charge in [0.25, 0.3) is 0 Å². The number of ketones is 1. The molecule has 0 fully saturated rings. The number of nitrogens with zero attached hydrogens (tertiary/aromatic N) is 2. The summed E-state index contributed by atoms with van der Waals surface area (Å²) >= 11 is 6.79. The van der Waals surface area contributed by atoms with Gasteiger partial charge in [-0.25, -0.2) is 0 Å². The van der Waals surface area contributed by atoms with E-state index in [1.54, 1.807) is 18.0 Å². The van der Waals surface area contributed by atoms with Crippen LogP contribution in [0.25, 0.3) is 0 Å². The van der Waals surface area contributed by atoms with Gasteiger partial charge in [-0.2, -0.15) is 5.10 Å². The monoisotopic (exact) mass is 400 g/mol. The highest BCUT2D eigenvalue weighted by atomic mass is 79.9. The lowest BCUT2D eigenvalue weighted by atomic mass is 10.0. The molecule has 0 N–H and O–H groups in total. The number of aromatic nitrogens is 2. The summed E-state index contributed by atoms with van der Waals surface area (Å²) in [6, 6.07) is 5.61. The van der Waals surface area contributed by atoms with Gasteiger partial charge in [-0.3, -0.25) is 9.48 Å². The molecule has 2 rings (SSSR count). The average Bonchev–Trinajstić information content (AvgIpc) is 2.77. The van der Waals surface area contributed by atoms with Gasteiger partial charge in [0.2, 0.25) is 5.78 Å². The molecule has 0 saturated carbocycles. The van der Waals surface area contributed by atoms with Crippen molar-refractivity contribution in [3.8, 4) is 0 Å². The van der Waals surface area contributed by atoms with Crippen LogP contribution in [0.3, 0.4) is 0 Å². The van der Waals surface area contributed by atoms with Crippen LogP contribution >= 0.6 is 31.9 Å². The molecule has 0 saturated heterocycles. The van der Waals surface area contributed by atoms with Crippen molar-refractivity contribution in [3.63, 3.8) is 0 Å². The predicted molar refractivity (Wildman–Crippen MR) is 84.1 cm³/mol. The minimum Gasteiger partial charge on any atom is -0.383 e. The van der Waals surface area contributed by atoms with E-state index in [1.165, 1.54) is 0 Å². The molecule has 1 aromatic heterocycles. The second kappa shape index (κ2) is 6.65. The SMILES string of the molecule is COCCn1ncc(Br)c1C(=O)c1ccc(Br)cc1C. The first kappa shape index (κ1) is 15.4. The van der Waals surface area contributed by atoms with E-state index < -0.39 is 0 Å². The zero-order valence-corrected chi connectivity index (χ0v) is 14.4. The summed E-state index contributed by atoms with van der Waals surface area (Å²) in [6.07, 6.45) is 1.64. The second-order valence-corrected chi connectivity index (χ2v) is 6.12. The quantitative estimate of drug-likeness (QED) is 0.719. The topological polar surface area (TPSA) is 44.1 Å². The summed E-state index contributed by atoms with van der Waals surface area (Å²) in [4.78, 5) is 12.7. The van der Waals surface area contributed by atoms with Crippen molar-refractivity contribution in [1.29, 1.82) is 0 Å². The number of hydrogen-bond donors (Lipinski definition) is 0. The highest BCUT2D eigenvalue weighted by molar-refractivity contribution is 9.10. The van der Waals surface area contributed by atoms with E-state index in [4.69, 9.17) is 4.74 Å². The van der Waals surface area contributed by atoms with Gasteiger partial charge in [-0.1, -0.05) is 15.9 Å². The van der Waals surface area contributed by atoms with Gasteiger partial charge in [-0.15, -0.1) is 0 Å². The van der Waals surface area contributed by atoms with Gasteiger partial charge in [-0.05, 0) is 46.6 Å². The maximum absolute atomic E-state index is 12.7. The van der Waals surface area contributed by atoms with Crippen molar-refractivity contribution in [2.45, 2.75) is 13.5 Å². The Morgan fingerprint density at radius 3 is 2.80 bits per heavy atom. The smallest absolute Gasteiger partial charge is 0.212 e. The van der Waals surface area contributed by atoms with Gasteiger partial charge in [0.1, 0.15) is 5.69 Å². The fourth-order valence-electron chi connectivity index (χ4n) is 1.94. The molecule has 0 aliphatic heterocycles. The standard InChI is InChI=1S/C14H14Br2N2O2/c1-9-7-10(15)3-4-11(9)14(19)13-12(16)8-17-18(13)5-6-20-2/h3-4,7-8H,5-6H2,1-2H3. The summed E-state index contributed by atoms with van der Waals surface area (Å²) in [5, 5.41) is 4.21. The molecule has 20 heavy (non-hydrogen) atoms. The molecule has 0 amide bonds.